The molecule has 10 heavy (non-hydrogen) atoms. The lowest BCUT2D eigenvalue weighted by Gasteiger charge is -2.17. The number of thiocarbonyl (C=S) groups is 1. The summed E-state index contributed by atoms with van der Waals surface area (Å²) in [6.07, 6.45) is 1.06. The van der Waals surface area contributed by atoms with Gasteiger partial charge in [0, 0.05) is 9.97 Å². The summed E-state index contributed by atoms with van der Waals surface area (Å²) in [5.41, 5.74) is 0. The highest BCUT2D eigenvalue weighted by atomic mass is 127. The van der Waals surface area contributed by atoms with Crippen LogP contribution in [0.2, 0.25) is 0 Å². The number of ether oxygens (including phenoxy) is 1. The molecule has 1 N–H and O–H groups in total. The highest BCUT2D eigenvalue weighted by molar-refractivity contribution is 14.1. The quantitative estimate of drug-likeness (QED) is 0.409. The Morgan fingerprint density at radius 2 is 2.50 bits per heavy atom. The minimum atomic E-state index is 0.290. The highest BCUT2D eigenvalue weighted by Gasteiger charge is 2.23. The summed E-state index contributed by atoms with van der Waals surface area (Å²) >= 11 is 7.28. The third-order valence-corrected chi connectivity index (χ3v) is 2.64. The summed E-state index contributed by atoms with van der Waals surface area (Å²) in [6, 6.07) is 0. The second-order valence-electron chi connectivity index (χ2n) is 2.65. The van der Waals surface area contributed by atoms with Gasteiger partial charge in [0.25, 0.3) is 5.17 Å². The molecule has 0 aliphatic carbocycles. The summed E-state index contributed by atoms with van der Waals surface area (Å²) in [5.74, 6) is 0. The van der Waals surface area contributed by atoms with Gasteiger partial charge >= 0.3 is 0 Å². The van der Waals surface area contributed by atoms with Crippen molar-refractivity contribution in [1.29, 1.82) is 0 Å². The first kappa shape index (κ1) is 8.52. The molecule has 0 bridgehead atoms. The van der Waals surface area contributed by atoms with Crippen molar-refractivity contribution in [2.24, 2.45) is 0 Å². The molecule has 1 fully saturated rings. The van der Waals surface area contributed by atoms with Crippen LogP contribution in [0.15, 0.2) is 0 Å². The molecule has 2 nitrogen and oxygen atoms in total. The van der Waals surface area contributed by atoms with Crippen LogP contribution < -0.4 is 5.32 Å². The maximum atomic E-state index is 5.15. The molecule has 58 valence electrons. The second-order valence-corrected chi connectivity index (χ2v) is 5.63. The Kier molecular flexibility index (Phi) is 2.74. The van der Waals surface area contributed by atoms with Crippen molar-refractivity contribution < 1.29 is 4.74 Å². The van der Waals surface area contributed by atoms with Crippen LogP contribution in [0.4, 0.5) is 0 Å². The predicted molar refractivity (Wildman–Crippen MR) is 53.6 cm³/mol. The zero-order valence-electron chi connectivity index (χ0n) is 5.82. The summed E-state index contributed by atoms with van der Waals surface area (Å²) in [4.78, 5) is 0. The van der Waals surface area contributed by atoms with Gasteiger partial charge in [-0.25, -0.2) is 0 Å². The molecule has 1 saturated heterocycles. The Morgan fingerprint density at radius 3 is 3.20 bits per heavy atom. The number of hydrogen-bond acceptors (Lipinski definition) is 2. The molecule has 0 aromatic rings. The van der Waals surface area contributed by atoms with Crippen LogP contribution >= 0.6 is 34.8 Å². The molecule has 1 heterocycles. The van der Waals surface area contributed by atoms with Gasteiger partial charge < -0.3 is 10.1 Å². The van der Waals surface area contributed by atoms with Gasteiger partial charge in [-0.05, 0) is 25.6 Å². The van der Waals surface area contributed by atoms with Gasteiger partial charge in [-0.1, -0.05) is 22.6 Å². The lowest BCUT2D eigenvalue weighted by Crippen LogP contribution is -2.32. The molecule has 1 aliphatic heterocycles. The Hall–Kier alpha value is 0.420. The Labute approximate surface area is 79.8 Å². The fourth-order valence-corrected chi connectivity index (χ4v) is 1.32. The van der Waals surface area contributed by atoms with E-state index >= 15 is 0 Å². The summed E-state index contributed by atoms with van der Waals surface area (Å²) in [7, 11) is 0. The van der Waals surface area contributed by atoms with Gasteiger partial charge in [0.05, 0.1) is 6.61 Å². The number of nitrogens with one attached hydrogen (secondary N) is 1. The van der Waals surface area contributed by atoms with Crippen LogP contribution in [0, 0.1) is 0 Å². The zero-order chi connectivity index (χ0) is 7.61. The van der Waals surface area contributed by atoms with E-state index in [1.54, 1.807) is 0 Å². The second kappa shape index (κ2) is 3.21. The van der Waals surface area contributed by atoms with Crippen molar-refractivity contribution in [3.63, 3.8) is 0 Å². The van der Waals surface area contributed by atoms with Crippen molar-refractivity contribution in [2.45, 2.75) is 16.8 Å². The van der Waals surface area contributed by atoms with E-state index in [4.69, 9.17) is 17.0 Å². The molecule has 0 saturated carbocycles. The average molecular weight is 271 g/mol. The van der Waals surface area contributed by atoms with Gasteiger partial charge in [-0.15, -0.1) is 0 Å². The van der Waals surface area contributed by atoms with E-state index in [-0.39, 0.29) is 0 Å². The smallest absolute Gasteiger partial charge is 0.256 e. The maximum Gasteiger partial charge on any atom is 0.256 e. The molecule has 0 spiro atoms. The normalized spacial score (nSPS) is 34.0. The van der Waals surface area contributed by atoms with Crippen molar-refractivity contribution in [2.75, 3.05) is 13.2 Å². The SMILES string of the molecule is CC1(I)CCOC(=S)NC1. The molecule has 0 amide bonds. The van der Waals surface area contributed by atoms with Gasteiger partial charge in [0.2, 0.25) is 0 Å². The van der Waals surface area contributed by atoms with Crippen molar-refractivity contribution >= 4 is 40.0 Å². The number of rotatable bonds is 0. The molecule has 1 aliphatic rings. The number of halogens is 1. The van der Waals surface area contributed by atoms with Crippen LogP contribution in [0.1, 0.15) is 13.3 Å². The standard InChI is InChI=1S/C6H10INOS/c1-6(7)2-3-9-5(10)8-4-6/h2-4H2,1H3,(H,8,10). The first-order chi connectivity index (χ1) is 4.60. The molecule has 0 aromatic heterocycles. The largest absolute Gasteiger partial charge is 0.471 e. The fraction of sp³-hybridized carbons (Fsp3) is 0.833. The molecular formula is C6H10INOS. The van der Waals surface area contributed by atoms with Gasteiger partial charge in [-0.3, -0.25) is 0 Å². The lowest BCUT2D eigenvalue weighted by molar-refractivity contribution is 0.302. The monoisotopic (exact) mass is 271 g/mol. The van der Waals surface area contributed by atoms with E-state index in [9.17, 15) is 0 Å². The lowest BCUT2D eigenvalue weighted by atomic mass is 10.1. The van der Waals surface area contributed by atoms with Crippen molar-refractivity contribution in [3.05, 3.63) is 0 Å². The van der Waals surface area contributed by atoms with E-state index in [0.717, 1.165) is 19.6 Å². The van der Waals surface area contributed by atoms with Crippen LogP contribution in [-0.4, -0.2) is 21.7 Å². The third-order valence-electron chi connectivity index (χ3n) is 1.46. The van der Waals surface area contributed by atoms with Crippen LogP contribution in [0.3, 0.4) is 0 Å². The fourth-order valence-electron chi connectivity index (χ4n) is 0.752. The average Bonchev–Trinajstić information content (AvgIpc) is 1.94. The number of hydrogen-bond donors (Lipinski definition) is 1. The summed E-state index contributed by atoms with van der Waals surface area (Å²) < 4.78 is 5.44. The zero-order valence-corrected chi connectivity index (χ0v) is 8.79. The highest BCUT2D eigenvalue weighted by Crippen LogP contribution is 2.22. The third kappa shape index (κ3) is 2.57. The van der Waals surface area contributed by atoms with Gasteiger partial charge in [0.1, 0.15) is 0 Å². The Bertz CT molecular complexity index is 149. The van der Waals surface area contributed by atoms with E-state index in [1.807, 2.05) is 0 Å². The Morgan fingerprint density at radius 1 is 1.80 bits per heavy atom. The molecule has 1 atom stereocenters. The minimum absolute atomic E-state index is 0.290. The van der Waals surface area contributed by atoms with E-state index in [2.05, 4.69) is 34.8 Å². The molecule has 0 aromatic carbocycles. The molecule has 4 heteroatoms. The van der Waals surface area contributed by atoms with E-state index < -0.39 is 0 Å². The van der Waals surface area contributed by atoms with Crippen LogP contribution in [0.5, 0.6) is 0 Å². The van der Waals surface area contributed by atoms with Crippen LogP contribution in [0.25, 0.3) is 0 Å². The molecule has 0 radical (unpaired) electrons. The Balaban J connectivity index is 2.48. The maximum absolute atomic E-state index is 5.15. The van der Waals surface area contributed by atoms with Crippen molar-refractivity contribution in [3.8, 4) is 0 Å². The van der Waals surface area contributed by atoms with Crippen LogP contribution in [-0.2, 0) is 4.74 Å². The van der Waals surface area contributed by atoms with E-state index in [1.165, 1.54) is 0 Å². The van der Waals surface area contributed by atoms with Gasteiger partial charge in [0.15, 0.2) is 0 Å². The molecular weight excluding hydrogens is 261 g/mol. The van der Waals surface area contributed by atoms with Crippen molar-refractivity contribution in [1.82, 2.24) is 5.32 Å². The summed E-state index contributed by atoms with van der Waals surface area (Å²) in [6.45, 7) is 3.84. The molecule has 1 rings (SSSR count). The first-order valence-corrected chi connectivity index (χ1v) is 4.68. The number of alkyl halides is 1. The summed E-state index contributed by atoms with van der Waals surface area (Å²) in [5, 5.41) is 3.58. The first-order valence-electron chi connectivity index (χ1n) is 3.20. The predicted octanol–water partition coefficient (Wildman–Crippen LogP) is 1.47. The molecule has 1 unspecified atom stereocenters. The topological polar surface area (TPSA) is 21.3 Å². The minimum Gasteiger partial charge on any atom is -0.471 e. The van der Waals surface area contributed by atoms with E-state index in [0.29, 0.717) is 8.60 Å². The van der Waals surface area contributed by atoms with Gasteiger partial charge in [-0.2, -0.15) is 0 Å².